The van der Waals surface area contributed by atoms with Crippen molar-refractivity contribution in [3.05, 3.63) is 11.8 Å². The van der Waals surface area contributed by atoms with Crippen LogP contribution in [0.15, 0.2) is 31.7 Å². The van der Waals surface area contributed by atoms with Crippen molar-refractivity contribution < 1.29 is 19.2 Å². The highest BCUT2D eigenvalue weighted by Crippen LogP contribution is 2.20. The van der Waals surface area contributed by atoms with Gasteiger partial charge in [-0.15, -0.1) is 0 Å². The molecule has 1 atom stereocenters. The van der Waals surface area contributed by atoms with E-state index in [9.17, 15) is 19.2 Å². The van der Waals surface area contributed by atoms with E-state index in [0.29, 0.717) is 25.2 Å². The summed E-state index contributed by atoms with van der Waals surface area (Å²) in [5.74, 6) is 0. The molecule has 1 aliphatic rings. The molecule has 0 aromatic carbocycles. The first-order valence-electron chi connectivity index (χ1n) is 6.21. The van der Waals surface area contributed by atoms with Crippen molar-refractivity contribution in [3.63, 3.8) is 0 Å². The Hall–Kier alpha value is -2.74. The van der Waals surface area contributed by atoms with Crippen molar-refractivity contribution in [2.45, 2.75) is 31.7 Å². The number of rotatable bonds is 7. The highest BCUT2D eigenvalue weighted by atomic mass is 16.1. The highest BCUT2D eigenvalue weighted by Gasteiger charge is 2.13. The number of isocyanates is 4. The number of hydrogen-bond donors (Lipinski definition) is 0. The minimum absolute atomic E-state index is 0.139. The molecular formula is C13H14N4O4. The number of aliphatic imine (C=N–C) groups is 4. The summed E-state index contributed by atoms with van der Waals surface area (Å²) in [6, 6.07) is -0.139. The SMILES string of the molecule is O=C=NC1=CC(N=C=O)CC1.O=C=NCCCCN=C=O. The Morgan fingerprint density at radius 2 is 1.57 bits per heavy atom. The molecule has 1 rings (SSSR count). The Morgan fingerprint density at radius 1 is 0.952 bits per heavy atom. The van der Waals surface area contributed by atoms with Crippen molar-refractivity contribution in [2.75, 3.05) is 13.1 Å². The number of unbranched alkanes of at least 4 members (excludes halogenated alkanes) is 1. The average Bonchev–Trinajstić information content (AvgIpc) is 2.92. The van der Waals surface area contributed by atoms with Crippen molar-refractivity contribution in [2.24, 2.45) is 20.0 Å². The standard InChI is InChI=1S/C7H6N2O2.C6H8N2O2/c10-4-8-6-1-2-7(3-6)9-5-11;9-5-7-3-1-2-4-8-6-10/h3,6H,1-2H2;1-4H2. The fourth-order valence-electron chi connectivity index (χ4n) is 1.48. The summed E-state index contributed by atoms with van der Waals surface area (Å²) in [4.78, 5) is 52.2. The van der Waals surface area contributed by atoms with Gasteiger partial charge in [0, 0.05) is 0 Å². The van der Waals surface area contributed by atoms with Crippen molar-refractivity contribution in [1.82, 2.24) is 0 Å². The monoisotopic (exact) mass is 290 g/mol. The van der Waals surface area contributed by atoms with Gasteiger partial charge in [0.15, 0.2) is 0 Å². The van der Waals surface area contributed by atoms with Crippen LogP contribution < -0.4 is 0 Å². The van der Waals surface area contributed by atoms with E-state index in [4.69, 9.17) is 0 Å². The molecule has 0 aromatic rings. The van der Waals surface area contributed by atoms with Gasteiger partial charge in [-0.1, -0.05) is 0 Å². The first kappa shape index (κ1) is 18.3. The lowest BCUT2D eigenvalue weighted by atomic mass is 10.3. The second-order valence-corrected chi connectivity index (χ2v) is 3.84. The van der Waals surface area contributed by atoms with Crippen LogP contribution in [0.25, 0.3) is 0 Å². The van der Waals surface area contributed by atoms with Gasteiger partial charge in [-0.25, -0.2) is 29.2 Å². The van der Waals surface area contributed by atoms with Crippen molar-refractivity contribution >= 4 is 24.3 Å². The first-order valence-corrected chi connectivity index (χ1v) is 6.21. The number of hydrogen-bond acceptors (Lipinski definition) is 8. The zero-order chi connectivity index (χ0) is 15.8. The molecular weight excluding hydrogens is 276 g/mol. The van der Waals surface area contributed by atoms with Crippen LogP contribution in [0.2, 0.25) is 0 Å². The number of nitrogens with zero attached hydrogens (tertiary/aromatic N) is 4. The van der Waals surface area contributed by atoms with Crippen LogP contribution in [0.3, 0.4) is 0 Å². The normalized spacial score (nSPS) is 14.9. The molecule has 0 amide bonds. The lowest BCUT2D eigenvalue weighted by Crippen LogP contribution is -1.91. The maximum atomic E-state index is 9.80. The van der Waals surface area contributed by atoms with Crippen LogP contribution in [0.5, 0.6) is 0 Å². The zero-order valence-electron chi connectivity index (χ0n) is 11.3. The quantitative estimate of drug-likeness (QED) is 0.397. The summed E-state index contributed by atoms with van der Waals surface area (Å²) in [7, 11) is 0. The maximum absolute atomic E-state index is 9.80. The summed E-state index contributed by atoms with van der Waals surface area (Å²) in [5, 5.41) is 0. The second kappa shape index (κ2) is 13.7. The summed E-state index contributed by atoms with van der Waals surface area (Å²) in [6.45, 7) is 0.940. The Bertz CT molecular complexity index is 512. The largest absolute Gasteiger partial charge is 0.240 e. The summed E-state index contributed by atoms with van der Waals surface area (Å²) < 4.78 is 0. The zero-order valence-corrected chi connectivity index (χ0v) is 11.3. The number of allylic oxidation sites excluding steroid dienone is 1. The fraction of sp³-hybridized carbons (Fsp3) is 0.538. The molecule has 0 spiro atoms. The Labute approximate surface area is 121 Å². The predicted octanol–water partition coefficient (Wildman–Crippen LogP) is 1.14. The molecule has 0 aliphatic heterocycles. The molecule has 110 valence electrons. The smallest absolute Gasteiger partial charge is 0.211 e. The van der Waals surface area contributed by atoms with Crippen molar-refractivity contribution in [3.8, 4) is 0 Å². The molecule has 1 unspecified atom stereocenters. The van der Waals surface area contributed by atoms with E-state index in [2.05, 4.69) is 20.0 Å². The third-order valence-electron chi connectivity index (χ3n) is 2.41. The molecule has 8 nitrogen and oxygen atoms in total. The van der Waals surface area contributed by atoms with Gasteiger partial charge < -0.3 is 0 Å². The van der Waals surface area contributed by atoms with Gasteiger partial charge in [0.2, 0.25) is 24.3 Å². The average molecular weight is 290 g/mol. The van der Waals surface area contributed by atoms with Gasteiger partial charge in [-0.3, -0.25) is 0 Å². The van der Waals surface area contributed by atoms with Gasteiger partial charge in [0.1, 0.15) is 0 Å². The topological polar surface area (TPSA) is 118 Å². The molecule has 0 saturated heterocycles. The van der Waals surface area contributed by atoms with E-state index in [1.807, 2.05) is 0 Å². The summed E-state index contributed by atoms with van der Waals surface area (Å²) >= 11 is 0. The van der Waals surface area contributed by atoms with E-state index in [1.54, 1.807) is 6.08 Å². The second-order valence-electron chi connectivity index (χ2n) is 3.84. The summed E-state index contributed by atoms with van der Waals surface area (Å²) in [5.41, 5.74) is 0.656. The van der Waals surface area contributed by atoms with E-state index in [0.717, 1.165) is 19.3 Å². The minimum atomic E-state index is -0.139. The van der Waals surface area contributed by atoms with E-state index >= 15 is 0 Å². The Kier molecular flexibility index (Phi) is 11.9. The van der Waals surface area contributed by atoms with Gasteiger partial charge in [0.25, 0.3) is 0 Å². The van der Waals surface area contributed by atoms with Crippen LogP contribution in [0.4, 0.5) is 0 Å². The van der Waals surface area contributed by atoms with Gasteiger partial charge in [0.05, 0.1) is 24.8 Å². The van der Waals surface area contributed by atoms with Crippen LogP contribution in [-0.4, -0.2) is 43.5 Å². The van der Waals surface area contributed by atoms with Gasteiger partial charge >= 0.3 is 0 Å². The van der Waals surface area contributed by atoms with Crippen LogP contribution >= 0.6 is 0 Å². The lowest BCUT2D eigenvalue weighted by molar-refractivity contribution is 0.559. The number of carbonyl (C=O) groups excluding carboxylic acids is 4. The fourth-order valence-corrected chi connectivity index (χ4v) is 1.48. The highest BCUT2D eigenvalue weighted by molar-refractivity contribution is 5.39. The molecule has 0 fully saturated rings. The molecule has 8 heteroatoms. The molecule has 0 radical (unpaired) electrons. The lowest BCUT2D eigenvalue weighted by Gasteiger charge is -1.90. The van der Waals surface area contributed by atoms with Gasteiger partial charge in [-0.2, -0.15) is 9.98 Å². The van der Waals surface area contributed by atoms with Crippen LogP contribution in [-0.2, 0) is 19.2 Å². The molecule has 0 aromatic heterocycles. The molecule has 1 aliphatic carbocycles. The first-order chi connectivity index (χ1) is 10.3. The molecule has 0 bridgehead atoms. The minimum Gasteiger partial charge on any atom is -0.211 e. The molecule has 0 N–H and O–H groups in total. The molecule has 0 saturated carbocycles. The van der Waals surface area contributed by atoms with Gasteiger partial charge in [-0.05, 0) is 31.8 Å². The molecule has 0 heterocycles. The Balaban J connectivity index is 0.000000384. The van der Waals surface area contributed by atoms with E-state index < -0.39 is 0 Å². The third kappa shape index (κ3) is 10.8. The molecule has 21 heavy (non-hydrogen) atoms. The van der Waals surface area contributed by atoms with E-state index in [1.165, 1.54) is 24.3 Å². The van der Waals surface area contributed by atoms with Crippen LogP contribution in [0, 0.1) is 0 Å². The van der Waals surface area contributed by atoms with E-state index in [-0.39, 0.29) is 6.04 Å². The Morgan fingerprint density at radius 3 is 2.05 bits per heavy atom. The summed E-state index contributed by atoms with van der Waals surface area (Å²) in [6.07, 6.45) is 10.4. The van der Waals surface area contributed by atoms with Crippen LogP contribution in [0.1, 0.15) is 25.7 Å². The third-order valence-corrected chi connectivity index (χ3v) is 2.41. The van der Waals surface area contributed by atoms with Crippen molar-refractivity contribution in [1.29, 1.82) is 0 Å². The maximum Gasteiger partial charge on any atom is 0.240 e. The predicted molar refractivity (Wildman–Crippen MR) is 72.6 cm³/mol.